The van der Waals surface area contributed by atoms with Gasteiger partial charge in [0.1, 0.15) is 17.6 Å². The van der Waals surface area contributed by atoms with Crippen molar-refractivity contribution in [3.63, 3.8) is 0 Å². The molecule has 1 aliphatic heterocycles. The molecule has 0 bridgehead atoms. The Morgan fingerprint density at radius 1 is 0.966 bits per heavy atom. The number of piperidine rings is 1. The zero-order chi connectivity index (χ0) is 21.0. The first-order valence-electron chi connectivity index (χ1n) is 8.93. The van der Waals surface area contributed by atoms with Gasteiger partial charge in [-0.15, -0.1) is 13.2 Å². The number of halogens is 3. The minimum atomic E-state index is -4.76. The molecule has 1 heterocycles. The van der Waals surface area contributed by atoms with Crippen LogP contribution in [0, 0.1) is 0 Å². The topological polar surface area (TPSA) is 81.9 Å². The maximum absolute atomic E-state index is 12.6. The van der Waals surface area contributed by atoms with Crippen LogP contribution in [0.2, 0.25) is 0 Å². The van der Waals surface area contributed by atoms with Gasteiger partial charge >= 0.3 is 6.36 Å². The molecule has 2 aromatic rings. The predicted octanol–water partition coefficient (Wildman–Crippen LogP) is 3.37. The molecule has 0 radical (unpaired) electrons. The lowest BCUT2D eigenvalue weighted by Crippen LogP contribution is -2.41. The smallest absolute Gasteiger partial charge is 0.490 e. The van der Waals surface area contributed by atoms with Gasteiger partial charge in [0.15, 0.2) is 0 Å². The molecule has 9 heteroatoms. The summed E-state index contributed by atoms with van der Waals surface area (Å²) in [7, 11) is 0. The number of likely N-dealkylation sites (tertiary alicyclic amines) is 1. The van der Waals surface area contributed by atoms with Crippen LogP contribution < -0.4 is 15.2 Å². The first kappa shape index (κ1) is 20.5. The van der Waals surface area contributed by atoms with E-state index in [4.69, 9.17) is 10.5 Å². The number of nitrogens with two attached hydrogens (primary N) is 1. The maximum Gasteiger partial charge on any atom is 0.573 e. The number of hydrogen-bond acceptors (Lipinski definition) is 4. The number of amides is 2. The van der Waals surface area contributed by atoms with Gasteiger partial charge in [0.25, 0.3) is 5.91 Å². The van der Waals surface area contributed by atoms with E-state index < -0.39 is 12.3 Å². The minimum absolute atomic E-state index is 0.167. The summed E-state index contributed by atoms with van der Waals surface area (Å²) in [6.07, 6.45) is -3.91. The van der Waals surface area contributed by atoms with Crippen LogP contribution in [-0.4, -0.2) is 42.3 Å². The van der Waals surface area contributed by atoms with E-state index in [0.717, 1.165) is 0 Å². The Morgan fingerprint density at radius 2 is 1.55 bits per heavy atom. The number of primary amides is 1. The number of benzene rings is 2. The van der Waals surface area contributed by atoms with Crippen LogP contribution in [0.1, 0.15) is 33.6 Å². The molecule has 0 saturated carbocycles. The Hall–Kier alpha value is -3.23. The molecule has 0 atom stereocenters. The quantitative estimate of drug-likeness (QED) is 0.823. The molecule has 0 spiro atoms. The van der Waals surface area contributed by atoms with E-state index in [1.54, 1.807) is 23.1 Å². The molecule has 0 aromatic heterocycles. The van der Waals surface area contributed by atoms with Crippen molar-refractivity contribution in [3.8, 4) is 11.5 Å². The second-order valence-corrected chi connectivity index (χ2v) is 6.57. The molecular weight excluding hydrogens is 389 g/mol. The number of alkyl halides is 3. The van der Waals surface area contributed by atoms with Gasteiger partial charge in [0.2, 0.25) is 5.91 Å². The summed E-state index contributed by atoms with van der Waals surface area (Å²) >= 11 is 0. The minimum Gasteiger partial charge on any atom is -0.490 e. The number of nitrogens with zero attached hydrogens (tertiary/aromatic N) is 1. The summed E-state index contributed by atoms with van der Waals surface area (Å²) < 4.78 is 46.6. The third-order valence-electron chi connectivity index (χ3n) is 4.49. The lowest BCUT2D eigenvalue weighted by Gasteiger charge is -2.32. The first-order valence-corrected chi connectivity index (χ1v) is 8.93. The lowest BCUT2D eigenvalue weighted by atomic mass is 10.1. The van der Waals surface area contributed by atoms with Crippen LogP contribution in [0.4, 0.5) is 13.2 Å². The summed E-state index contributed by atoms with van der Waals surface area (Å²) in [5.41, 5.74) is 5.96. The van der Waals surface area contributed by atoms with Crippen LogP contribution in [-0.2, 0) is 0 Å². The number of ether oxygens (including phenoxy) is 2. The van der Waals surface area contributed by atoms with Crippen molar-refractivity contribution in [1.82, 2.24) is 4.90 Å². The van der Waals surface area contributed by atoms with Crippen molar-refractivity contribution in [2.45, 2.75) is 25.3 Å². The summed E-state index contributed by atoms with van der Waals surface area (Å²) in [6.45, 7) is 0.889. The molecule has 3 rings (SSSR count). The third kappa shape index (κ3) is 5.63. The molecule has 2 N–H and O–H groups in total. The van der Waals surface area contributed by atoms with E-state index in [1.807, 2.05) is 0 Å². The fourth-order valence-corrected chi connectivity index (χ4v) is 3.07. The second kappa shape index (κ2) is 8.42. The molecule has 2 amide bonds. The van der Waals surface area contributed by atoms with Crippen LogP contribution in [0.25, 0.3) is 0 Å². The second-order valence-electron chi connectivity index (χ2n) is 6.57. The van der Waals surface area contributed by atoms with Crippen LogP contribution in [0.5, 0.6) is 11.5 Å². The molecule has 1 aliphatic rings. The fourth-order valence-electron chi connectivity index (χ4n) is 3.07. The molecule has 1 fully saturated rings. The van der Waals surface area contributed by atoms with E-state index in [-0.39, 0.29) is 23.5 Å². The van der Waals surface area contributed by atoms with Gasteiger partial charge < -0.3 is 20.1 Å². The number of carbonyl (C=O) groups is 2. The van der Waals surface area contributed by atoms with Crippen molar-refractivity contribution < 1.29 is 32.2 Å². The molecule has 154 valence electrons. The molecule has 0 unspecified atom stereocenters. The average Bonchev–Trinajstić information content (AvgIpc) is 2.67. The summed E-state index contributed by atoms with van der Waals surface area (Å²) in [4.78, 5) is 25.3. The van der Waals surface area contributed by atoms with Gasteiger partial charge in [-0.05, 0) is 36.4 Å². The Balaban J connectivity index is 1.54. The summed E-state index contributed by atoms with van der Waals surface area (Å²) in [5, 5.41) is 0. The van der Waals surface area contributed by atoms with Crippen molar-refractivity contribution >= 4 is 11.8 Å². The normalized spacial score (nSPS) is 15.1. The first-order chi connectivity index (χ1) is 13.7. The van der Waals surface area contributed by atoms with Crippen molar-refractivity contribution in [2.75, 3.05) is 13.1 Å². The molecule has 29 heavy (non-hydrogen) atoms. The highest BCUT2D eigenvalue weighted by atomic mass is 19.4. The Labute approximate surface area is 165 Å². The number of rotatable bonds is 5. The van der Waals surface area contributed by atoms with Crippen molar-refractivity contribution in [3.05, 3.63) is 59.7 Å². The highest BCUT2D eigenvalue weighted by Gasteiger charge is 2.31. The number of hydrogen-bond donors (Lipinski definition) is 1. The largest absolute Gasteiger partial charge is 0.573 e. The molecule has 1 saturated heterocycles. The van der Waals surface area contributed by atoms with Crippen molar-refractivity contribution in [2.24, 2.45) is 5.73 Å². The summed E-state index contributed by atoms with van der Waals surface area (Å²) in [5.74, 6) is -0.799. The van der Waals surface area contributed by atoms with Crippen LogP contribution >= 0.6 is 0 Å². The van der Waals surface area contributed by atoms with E-state index >= 15 is 0 Å². The third-order valence-corrected chi connectivity index (χ3v) is 4.49. The fraction of sp³-hybridized carbons (Fsp3) is 0.300. The van der Waals surface area contributed by atoms with E-state index in [0.29, 0.717) is 37.1 Å². The number of carbonyl (C=O) groups excluding carboxylic acids is 2. The van der Waals surface area contributed by atoms with Gasteiger partial charge in [0.05, 0.1) is 0 Å². The molecular formula is C20H19F3N2O4. The van der Waals surface area contributed by atoms with Gasteiger partial charge in [-0.2, -0.15) is 0 Å². The lowest BCUT2D eigenvalue weighted by molar-refractivity contribution is -0.274. The van der Waals surface area contributed by atoms with Gasteiger partial charge in [-0.25, -0.2) is 0 Å². The van der Waals surface area contributed by atoms with Crippen LogP contribution in [0.3, 0.4) is 0 Å². The standard InChI is InChI=1S/C20H19F3N2O4/c21-20(22,23)29-17-3-1-2-16(12-17)28-15-8-10-25(11-9-15)19(27)14-6-4-13(5-7-14)18(24)26/h1-7,12,15H,8-11H2,(H2,24,26). The van der Waals surface area contributed by atoms with E-state index in [1.165, 1.54) is 30.3 Å². The molecule has 2 aromatic carbocycles. The summed E-state index contributed by atoms with van der Waals surface area (Å²) in [6, 6.07) is 11.5. The van der Waals surface area contributed by atoms with E-state index in [9.17, 15) is 22.8 Å². The van der Waals surface area contributed by atoms with E-state index in [2.05, 4.69) is 4.74 Å². The highest BCUT2D eigenvalue weighted by molar-refractivity contribution is 5.97. The van der Waals surface area contributed by atoms with Gasteiger partial charge in [-0.1, -0.05) is 6.07 Å². The monoisotopic (exact) mass is 408 g/mol. The van der Waals surface area contributed by atoms with Gasteiger partial charge in [-0.3, -0.25) is 9.59 Å². The average molecular weight is 408 g/mol. The zero-order valence-electron chi connectivity index (χ0n) is 15.3. The van der Waals surface area contributed by atoms with Gasteiger partial charge in [0, 0.05) is 43.1 Å². The molecule has 0 aliphatic carbocycles. The SMILES string of the molecule is NC(=O)c1ccc(C(=O)N2CCC(Oc3cccc(OC(F)(F)F)c3)CC2)cc1. The predicted molar refractivity (Wildman–Crippen MR) is 97.6 cm³/mol. The Kier molecular flexibility index (Phi) is 5.95. The maximum atomic E-state index is 12.6. The van der Waals surface area contributed by atoms with Crippen molar-refractivity contribution in [1.29, 1.82) is 0 Å². The Morgan fingerprint density at radius 3 is 2.14 bits per heavy atom. The zero-order valence-corrected chi connectivity index (χ0v) is 15.3. The Bertz CT molecular complexity index is 876. The van der Waals surface area contributed by atoms with Crippen LogP contribution in [0.15, 0.2) is 48.5 Å². The highest BCUT2D eigenvalue weighted by Crippen LogP contribution is 2.28. The molecule has 6 nitrogen and oxygen atoms in total.